The monoisotopic (exact) mass is 706 g/mol. The van der Waals surface area contributed by atoms with Gasteiger partial charge >= 0.3 is 11.9 Å². The molecule has 0 spiro atoms. The highest BCUT2D eigenvalue weighted by molar-refractivity contribution is 7.45. The van der Waals surface area contributed by atoms with Crippen LogP contribution in [0.4, 0.5) is 0 Å². The number of unbranched alkanes of at least 4 members (excludes halogenated alkanes) is 22. The van der Waals surface area contributed by atoms with Crippen LogP contribution < -0.4 is 4.89 Å². The van der Waals surface area contributed by atoms with Gasteiger partial charge in [0.15, 0.2) is 6.10 Å². The Kier molecular flexibility index (Phi) is 31.3. The summed E-state index contributed by atoms with van der Waals surface area (Å²) >= 11 is 0. The summed E-state index contributed by atoms with van der Waals surface area (Å²) in [6, 6.07) is 0. The molecule has 0 radical (unpaired) electrons. The first kappa shape index (κ1) is 47.0. The fraction of sp³-hybridized carbons (Fsp3) is 0.947. The highest BCUT2D eigenvalue weighted by Gasteiger charge is 2.21. The summed E-state index contributed by atoms with van der Waals surface area (Å²) in [5.74, 6) is -0.826. The smallest absolute Gasteiger partial charge is 0.306 e. The van der Waals surface area contributed by atoms with Crippen molar-refractivity contribution in [2.45, 2.75) is 187 Å². The Morgan fingerprint density at radius 1 is 0.562 bits per heavy atom. The number of carbonyl (C=O) groups excluding carboxylic acids is 2. The van der Waals surface area contributed by atoms with Crippen LogP contribution in [-0.2, 0) is 32.7 Å². The van der Waals surface area contributed by atoms with Gasteiger partial charge in [-0.3, -0.25) is 14.2 Å². The molecule has 9 nitrogen and oxygen atoms in total. The standard InChI is InChI=1S/C38H76NO8P/c1-6-8-10-12-14-16-18-20-22-24-26-28-30-37(40)44-34-36(35-46-48(42,43)45-33-32-39(3,4)5)47-38(41)31-29-27-25-23-21-19-17-15-13-11-9-7-2/h36H,6-35H2,1-5H3/t36-/m1/s1. The largest absolute Gasteiger partial charge is 0.756 e. The lowest BCUT2D eigenvalue weighted by Crippen LogP contribution is -2.37. The van der Waals surface area contributed by atoms with E-state index in [1.807, 2.05) is 21.1 Å². The van der Waals surface area contributed by atoms with Crippen LogP contribution >= 0.6 is 7.82 Å². The second-order valence-electron chi connectivity index (χ2n) is 14.7. The van der Waals surface area contributed by atoms with E-state index in [4.69, 9.17) is 18.5 Å². The molecule has 0 aromatic carbocycles. The molecular weight excluding hydrogens is 629 g/mol. The molecule has 0 saturated heterocycles. The van der Waals surface area contributed by atoms with Gasteiger partial charge in [-0.05, 0) is 12.8 Å². The third-order valence-corrected chi connectivity index (χ3v) is 9.59. The number of ether oxygens (including phenoxy) is 2. The maximum atomic E-state index is 12.6. The minimum atomic E-state index is -4.61. The van der Waals surface area contributed by atoms with Crippen LogP contribution in [0.25, 0.3) is 0 Å². The number of rotatable bonds is 36. The molecular formula is C38H76NO8P. The van der Waals surface area contributed by atoms with Gasteiger partial charge in [-0.25, -0.2) is 0 Å². The van der Waals surface area contributed by atoms with E-state index in [1.165, 1.54) is 116 Å². The zero-order chi connectivity index (χ0) is 35.8. The Bertz CT molecular complexity index is 804. The Morgan fingerprint density at radius 3 is 1.33 bits per heavy atom. The molecule has 0 aromatic rings. The molecule has 0 amide bonds. The number of hydrogen-bond acceptors (Lipinski definition) is 8. The van der Waals surface area contributed by atoms with Crippen LogP contribution in [0, 0.1) is 0 Å². The molecule has 0 bridgehead atoms. The van der Waals surface area contributed by atoms with Crippen molar-refractivity contribution in [1.82, 2.24) is 0 Å². The quantitative estimate of drug-likeness (QED) is 0.0274. The number of phosphoric acid groups is 1. The number of quaternary nitrogens is 1. The van der Waals surface area contributed by atoms with Crippen molar-refractivity contribution in [2.24, 2.45) is 0 Å². The van der Waals surface area contributed by atoms with E-state index in [2.05, 4.69) is 13.8 Å². The Balaban J connectivity index is 4.40. The predicted octanol–water partition coefficient (Wildman–Crippen LogP) is 9.83. The summed E-state index contributed by atoms with van der Waals surface area (Å²) < 4.78 is 33.8. The van der Waals surface area contributed by atoms with E-state index >= 15 is 0 Å². The van der Waals surface area contributed by atoms with Gasteiger partial charge in [0, 0.05) is 12.8 Å². The Hall–Kier alpha value is -0.990. The van der Waals surface area contributed by atoms with Crippen molar-refractivity contribution >= 4 is 19.8 Å². The number of phosphoric ester groups is 1. The van der Waals surface area contributed by atoms with Crippen LogP contribution in [0.15, 0.2) is 0 Å². The third-order valence-electron chi connectivity index (χ3n) is 8.63. The summed E-state index contributed by atoms with van der Waals surface area (Å²) in [5.41, 5.74) is 0. The van der Waals surface area contributed by atoms with E-state index in [0.717, 1.165) is 32.1 Å². The van der Waals surface area contributed by atoms with Crippen molar-refractivity contribution in [3.63, 3.8) is 0 Å². The van der Waals surface area contributed by atoms with Gasteiger partial charge in [-0.15, -0.1) is 0 Å². The fourth-order valence-corrected chi connectivity index (χ4v) is 6.21. The lowest BCUT2D eigenvalue weighted by atomic mass is 10.0. The second-order valence-corrected chi connectivity index (χ2v) is 16.1. The molecule has 0 aliphatic rings. The average Bonchev–Trinajstić information content (AvgIpc) is 3.02. The number of carbonyl (C=O) groups is 2. The predicted molar refractivity (Wildman–Crippen MR) is 195 cm³/mol. The summed E-state index contributed by atoms with van der Waals surface area (Å²) in [7, 11) is 1.18. The summed E-state index contributed by atoms with van der Waals surface area (Å²) in [4.78, 5) is 37.3. The summed E-state index contributed by atoms with van der Waals surface area (Å²) in [6.07, 6.45) is 28.3. The maximum absolute atomic E-state index is 12.6. The molecule has 0 rings (SSSR count). The minimum Gasteiger partial charge on any atom is -0.756 e. The van der Waals surface area contributed by atoms with Crippen LogP contribution in [-0.4, -0.2) is 70.0 Å². The van der Waals surface area contributed by atoms with Crippen molar-refractivity contribution in [1.29, 1.82) is 0 Å². The molecule has 2 atom stereocenters. The van der Waals surface area contributed by atoms with Crippen molar-refractivity contribution in [2.75, 3.05) is 47.5 Å². The highest BCUT2D eigenvalue weighted by Crippen LogP contribution is 2.38. The van der Waals surface area contributed by atoms with Gasteiger partial charge in [0.2, 0.25) is 0 Å². The normalized spacial score (nSPS) is 13.7. The minimum absolute atomic E-state index is 0.0261. The molecule has 0 saturated carbocycles. The van der Waals surface area contributed by atoms with Crippen LogP contribution in [0.3, 0.4) is 0 Å². The van der Waals surface area contributed by atoms with Gasteiger partial charge in [0.1, 0.15) is 19.8 Å². The molecule has 0 N–H and O–H groups in total. The molecule has 48 heavy (non-hydrogen) atoms. The molecule has 0 aliphatic heterocycles. The zero-order valence-corrected chi connectivity index (χ0v) is 32.8. The fourth-order valence-electron chi connectivity index (χ4n) is 5.48. The van der Waals surface area contributed by atoms with Crippen LogP contribution in [0.5, 0.6) is 0 Å². The number of likely N-dealkylation sites (N-methyl/N-ethyl adjacent to an activating group) is 1. The number of hydrogen-bond donors (Lipinski definition) is 0. The molecule has 1 unspecified atom stereocenters. The Labute approximate surface area is 295 Å². The van der Waals surface area contributed by atoms with Gasteiger partial charge in [0.25, 0.3) is 7.82 Å². The molecule has 0 fully saturated rings. The van der Waals surface area contributed by atoms with E-state index in [9.17, 15) is 19.0 Å². The van der Waals surface area contributed by atoms with E-state index in [0.29, 0.717) is 17.4 Å². The SMILES string of the molecule is CCCCCCCCCCCCCCC(=O)OC[C@H](COP(=O)([O-])OCC[N+](C)(C)C)OC(=O)CCCCCCCCCCCCCC. The first-order chi connectivity index (χ1) is 23.0. The topological polar surface area (TPSA) is 111 Å². The van der Waals surface area contributed by atoms with Gasteiger partial charge in [0.05, 0.1) is 27.7 Å². The number of esters is 2. The molecule has 0 aliphatic carbocycles. The van der Waals surface area contributed by atoms with Crippen molar-refractivity contribution < 1.29 is 42.1 Å². The van der Waals surface area contributed by atoms with Gasteiger partial charge in [-0.1, -0.05) is 155 Å². The third kappa shape index (κ3) is 34.9. The molecule has 0 aromatic heterocycles. The van der Waals surface area contributed by atoms with Crippen molar-refractivity contribution in [3.05, 3.63) is 0 Å². The van der Waals surface area contributed by atoms with Crippen LogP contribution in [0.2, 0.25) is 0 Å². The maximum Gasteiger partial charge on any atom is 0.306 e. The first-order valence-corrected chi connectivity index (χ1v) is 21.2. The average molecular weight is 706 g/mol. The lowest BCUT2D eigenvalue weighted by molar-refractivity contribution is -0.870. The Morgan fingerprint density at radius 2 is 0.938 bits per heavy atom. The van der Waals surface area contributed by atoms with E-state index in [-0.39, 0.29) is 32.0 Å². The van der Waals surface area contributed by atoms with E-state index < -0.39 is 26.5 Å². The lowest BCUT2D eigenvalue weighted by Gasteiger charge is -2.28. The van der Waals surface area contributed by atoms with Crippen molar-refractivity contribution in [3.8, 4) is 0 Å². The van der Waals surface area contributed by atoms with E-state index in [1.54, 1.807) is 0 Å². The molecule has 10 heteroatoms. The number of nitrogens with zero attached hydrogens (tertiary/aromatic N) is 1. The van der Waals surface area contributed by atoms with Crippen LogP contribution in [0.1, 0.15) is 181 Å². The molecule has 286 valence electrons. The zero-order valence-electron chi connectivity index (χ0n) is 32.0. The molecule has 0 heterocycles. The summed E-state index contributed by atoms with van der Waals surface area (Å²) in [6.45, 7) is 4.22. The van der Waals surface area contributed by atoms with Gasteiger partial charge < -0.3 is 27.9 Å². The summed E-state index contributed by atoms with van der Waals surface area (Å²) in [5, 5.41) is 0. The highest BCUT2D eigenvalue weighted by atomic mass is 31.2. The van der Waals surface area contributed by atoms with Gasteiger partial charge in [-0.2, -0.15) is 0 Å². The second kappa shape index (κ2) is 32.0. The first-order valence-electron chi connectivity index (χ1n) is 19.7.